The molecule has 0 radical (unpaired) electrons. The lowest BCUT2D eigenvalue weighted by atomic mass is 10.1. The molecule has 0 fully saturated rings. The largest absolute Gasteiger partial charge is 0.306 e. The first-order valence-electron chi connectivity index (χ1n) is 8.54. The number of nitrogens with zero attached hydrogens (tertiary/aromatic N) is 2. The molecule has 1 aromatic heterocycles. The molecule has 0 atom stereocenters. The molecular weight excluding hydrogens is 374 g/mol. The van der Waals surface area contributed by atoms with Crippen molar-refractivity contribution in [2.75, 3.05) is 0 Å². The molecule has 4 rings (SSSR count). The predicted octanol–water partition coefficient (Wildman–Crippen LogP) is 4.96. The van der Waals surface area contributed by atoms with Gasteiger partial charge in [-0.05, 0) is 37.3 Å². The van der Waals surface area contributed by atoms with Crippen molar-refractivity contribution in [3.8, 4) is 11.4 Å². The van der Waals surface area contributed by atoms with Gasteiger partial charge in [0, 0.05) is 27.5 Å². The van der Waals surface area contributed by atoms with Crippen molar-refractivity contribution in [1.82, 2.24) is 9.97 Å². The van der Waals surface area contributed by atoms with Gasteiger partial charge >= 0.3 is 0 Å². The number of aromatic nitrogens is 2. The summed E-state index contributed by atoms with van der Waals surface area (Å²) in [6.07, 6.45) is 0. The highest BCUT2D eigenvalue weighted by molar-refractivity contribution is 7.99. The summed E-state index contributed by atoms with van der Waals surface area (Å²) in [4.78, 5) is 32.3. The minimum atomic E-state index is -0.455. The molecule has 0 saturated carbocycles. The number of nitro benzene ring substituents is 1. The number of nitrogens with one attached hydrogen (secondary N) is 1. The Morgan fingerprint density at radius 3 is 2.54 bits per heavy atom. The van der Waals surface area contributed by atoms with Gasteiger partial charge in [-0.2, -0.15) is 0 Å². The van der Waals surface area contributed by atoms with Gasteiger partial charge in [-0.3, -0.25) is 14.9 Å². The van der Waals surface area contributed by atoms with Crippen molar-refractivity contribution in [2.24, 2.45) is 0 Å². The fourth-order valence-electron chi connectivity index (χ4n) is 2.85. The molecule has 0 unspecified atom stereocenters. The number of aromatic amines is 1. The predicted molar refractivity (Wildman–Crippen MR) is 110 cm³/mol. The summed E-state index contributed by atoms with van der Waals surface area (Å²) in [6.45, 7) is 2.01. The molecule has 138 valence electrons. The fraction of sp³-hybridized carbons (Fsp3) is 0.0476. The van der Waals surface area contributed by atoms with E-state index in [0.29, 0.717) is 22.3 Å². The van der Waals surface area contributed by atoms with E-state index < -0.39 is 4.92 Å². The number of hydrogen-bond donors (Lipinski definition) is 1. The Labute approximate surface area is 164 Å². The molecule has 6 nitrogen and oxygen atoms in total. The molecule has 0 spiro atoms. The second kappa shape index (κ2) is 7.28. The molecule has 0 aliphatic heterocycles. The maximum absolute atomic E-state index is 12.5. The van der Waals surface area contributed by atoms with Gasteiger partial charge in [-0.1, -0.05) is 41.6 Å². The number of rotatable bonds is 4. The Morgan fingerprint density at radius 1 is 1.04 bits per heavy atom. The topological polar surface area (TPSA) is 88.9 Å². The second-order valence-corrected chi connectivity index (χ2v) is 7.40. The van der Waals surface area contributed by atoms with Crippen LogP contribution in [0.1, 0.15) is 5.56 Å². The minimum Gasteiger partial charge on any atom is -0.306 e. The highest BCUT2D eigenvalue weighted by Gasteiger charge is 2.16. The molecule has 0 saturated heterocycles. The molecule has 0 amide bonds. The Balaban J connectivity index is 1.88. The molecule has 0 aliphatic rings. The van der Waals surface area contributed by atoms with Crippen LogP contribution < -0.4 is 5.56 Å². The molecule has 7 heteroatoms. The first-order chi connectivity index (χ1) is 13.5. The fourth-order valence-corrected chi connectivity index (χ4v) is 3.78. The average molecular weight is 389 g/mol. The smallest absolute Gasteiger partial charge is 0.270 e. The third kappa shape index (κ3) is 3.52. The van der Waals surface area contributed by atoms with Crippen LogP contribution in [0.2, 0.25) is 0 Å². The zero-order chi connectivity index (χ0) is 19.7. The zero-order valence-corrected chi connectivity index (χ0v) is 15.7. The van der Waals surface area contributed by atoms with Crippen LogP contribution in [0.25, 0.3) is 22.3 Å². The highest BCUT2D eigenvalue weighted by Crippen LogP contribution is 2.37. The Morgan fingerprint density at radius 2 is 1.79 bits per heavy atom. The molecule has 1 N–H and O–H groups in total. The monoisotopic (exact) mass is 389 g/mol. The number of benzene rings is 3. The van der Waals surface area contributed by atoms with E-state index in [0.717, 1.165) is 15.4 Å². The Hall–Kier alpha value is -3.45. The molecular formula is C21H15N3O3S. The Bertz CT molecular complexity index is 1250. The number of hydrogen-bond acceptors (Lipinski definition) is 5. The van der Waals surface area contributed by atoms with Crippen LogP contribution in [0.4, 0.5) is 5.69 Å². The summed E-state index contributed by atoms with van der Waals surface area (Å²) < 4.78 is 0. The van der Waals surface area contributed by atoms with E-state index in [9.17, 15) is 14.9 Å². The molecule has 28 heavy (non-hydrogen) atoms. The lowest BCUT2D eigenvalue weighted by Crippen LogP contribution is -2.09. The van der Waals surface area contributed by atoms with Crippen LogP contribution in [0.15, 0.2) is 81.3 Å². The molecule has 1 heterocycles. The van der Waals surface area contributed by atoms with Crippen LogP contribution in [0.5, 0.6) is 0 Å². The van der Waals surface area contributed by atoms with Crippen LogP contribution >= 0.6 is 11.8 Å². The van der Waals surface area contributed by atoms with Crippen molar-refractivity contribution in [2.45, 2.75) is 16.7 Å². The normalized spacial score (nSPS) is 10.9. The Kier molecular flexibility index (Phi) is 4.67. The van der Waals surface area contributed by atoms with Gasteiger partial charge in [0.05, 0.1) is 15.8 Å². The highest BCUT2D eigenvalue weighted by atomic mass is 32.2. The summed E-state index contributed by atoms with van der Waals surface area (Å²) in [6, 6.07) is 19.6. The lowest BCUT2D eigenvalue weighted by molar-refractivity contribution is -0.384. The van der Waals surface area contributed by atoms with E-state index in [2.05, 4.69) is 9.97 Å². The van der Waals surface area contributed by atoms with Crippen molar-refractivity contribution in [3.05, 3.63) is 92.8 Å². The lowest BCUT2D eigenvalue weighted by Gasteiger charge is -2.10. The first-order valence-corrected chi connectivity index (χ1v) is 9.35. The molecule has 0 aliphatic carbocycles. The third-order valence-corrected chi connectivity index (χ3v) is 5.37. The van der Waals surface area contributed by atoms with E-state index in [4.69, 9.17) is 0 Å². The summed E-state index contributed by atoms with van der Waals surface area (Å²) in [5.41, 5.74) is 1.87. The van der Waals surface area contributed by atoms with Gasteiger partial charge in [0.15, 0.2) is 0 Å². The second-order valence-electron chi connectivity index (χ2n) is 6.28. The maximum Gasteiger partial charge on any atom is 0.270 e. The molecule has 3 aromatic carbocycles. The minimum absolute atomic E-state index is 0.0564. The molecule has 0 bridgehead atoms. The average Bonchev–Trinajstić information content (AvgIpc) is 2.70. The summed E-state index contributed by atoms with van der Waals surface area (Å²) in [5, 5.41) is 11.8. The van der Waals surface area contributed by atoms with Crippen LogP contribution in [-0.2, 0) is 0 Å². The maximum atomic E-state index is 12.5. The van der Waals surface area contributed by atoms with Gasteiger partial charge in [0.1, 0.15) is 5.82 Å². The number of nitro groups is 1. The van der Waals surface area contributed by atoms with Crippen LogP contribution in [0, 0.1) is 17.0 Å². The van der Waals surface area contributed by atoms with Crippen molar-refractivity contribution >= 4 is 28.4 Å². The first kappa shape index (κ1) is 17.9. The van der Waals surface area contributed by atoms with E-state index in [1.807, 2.05) is 31.2 Å². The van der Waals surface area contributed by atoms with Crippen molar-refractivity contribution < 1.29 is 4.92 Å². The number of aryl methyl sites for hydroxylation is 1. The number of H-pyrrole nitrogens is 1. The SMILES string of the molecule is Cc1ccc(Sc2ccc([N+](=O)[O-])cc2-c2nc3ccccc3c(=O)[nH]2)cc1. The van der Waals surface area contributed by atoms with Gasteiger partial charge in [0.2, 0.25) is 0 Å². The van der Waals surface area contributed by atoms with Gasteiger partial charge in [0.25, 0.3) is 11.2 Å². The quantitative estimate of drug-likeness (QED) is 0.394. The van der Waals surface area contributed by atoms with E-state index >= 15 is 0 Å². The zero-order valence-electron chi connectivity index (χ0n) is 14.9. The van der Waals surface area contributed by atoms with E-state index in [1.165, 1.54) is 23.9 Å². The van der Waals surface area contributed by atoms with Crippen molar-refractivity contribution in [3.63, 3.8) is 0 Å². The summed E-state index contributed by atoms with van der Waals surface area (Å²) in [7, 11) is 0. The number of fused-ring (bicyclic) bond motifs is 1. The standard InChI is InChI=1S/C21H15N3O3S/c1-13-6-9-15(10-7-13)28-19-11-8-14(24(26)27)12-17(19)20-22-18-5-3-2-4-16(18)21(25)23-20/h2-12H,1H3,(H,22,23,25). The number of para-hydroxylation sites is 1. The molecule has 4 aromatic rings. The van der Waals surface area contributed by atoms with Crippen LogP contribution in [-0.4, -0.2) is 14.9 Å². The van der Waals surface area contributed by atoms with Crippen LogP contribution in [0.3, 0.4) is 0 Å². The number of non-ortho nitro benzene ring substituents is 1. The summed E-state index contributed by atoms with van der Waals surface area (Å²) >= 11 is 1.46. The summed E-state index contributed by atoms with van der Waals surface area (Å²) in [5.74, 6) is 0.307. The van der Waals surface area contributed by atoms with Gasteiger partial charge in [-0.25, -0.2) is 4.98 Å². The van der Waals surface area contributed by atoms with E-state index in [-0.39, 0.29) is 11.2 Å². The van der Waals surface area contributed by atoms with E-state index in [1.54, 1.807) is 30.3 Å². The third-order valence-electron chi connectivity index (χ3n) is 4.29. The van der Waals surface area contributed by atoms with Crippen molar-refractivity contribution in [1.29, 1.82) is 0 Å². The van der Waals surface area contributed by atoms with Gasteiger partial charge in [-0.15, -0.1) is 0 Å². The van der Waals surface area contributed by atoms with Gasteiger partial charge < -0.3 is 4.98 Å².